The number of allylic oxidation sites excluding steroid dienone is 1. The molecule has 144 valence electrons. The molecular weight excluding hydrogens is 428 g/mol. The predicted octanol–water partition coefficient (Wildman–Crippen LogP) is 3.93. The van der Waals surface area contributed by atoms with E-state index in [4.69, 9.17) is 0 Å². The molecule has 1 aliphatic heterocycles. The van der Waals surface area contributed by atoms with E-state index in [-0.39, 0.29) is 11.3 Å². The molecule has 28 heavy (non-hydrogen) atoms. The Bertz CT molecular complexity index is 1000. The number of aryl methyl sites for hydroxylation is 1. The molecule has 1 aliphatic rings. The molecule has 2 aromatic carbocycles. The molecule has 2 aromatic rings. The van der Waals surface area contributed by atoms with Crippen LogP contribution in [0.15, 0.2) is 58.2 Å². The van der Waals surface area contributed by atoms with Gasteiger partial charge in [0.25, 0.3) is 11.6 Å². The molecular formula is C19H17BrN4O4. The van der Waals surface area contributed by atoms with Gasteiger partial charge in [0.15, 0.2) is 0 Å². The summed E-state index contributed by atoms with van der Waals surface area (Å²) >= 11 is 3.14. The van der Waals surface area contributed by atoms with Gasteiger partial charge < -0.3 is 16.0 Å². The Labute approximate surface area is 169 Å². The second-order valence-electron chi connectivity index (χ2n) is 6.36. The fraction of sp³-hybridized carbons (Fsp3) is 0.158. The zero-order valence-corrected chi connectivity index (χ0v) is 16.7. The molecule has 3 amide bonds. The van der Waals surface area contributed by atoms with E-state index in [9.17, 15) is 19.7 Å². The average molecular weight is 445 g/mol. The summed E-state index contributed by atoms with van der Waals surface area (Å²) in [7, 11) is 0. The van der Waals surface area contributed by atoms with Gasteiger partial charge in [0.1, 0.15) is 0 Å². The van der Waals surface area contributed by atoms with Crippen LogP contribution < -0.4 is 16.0 Å². The lowest BCUT2D eigenvalue weighted by atomic mass is 9.94. The number of nitro groups is 1. The first-order valence-corrected chi connectivity index (χ1v) is 9.15. The van der Waals surface area contributed by atoms with Crippen LogP contribution in [0, 0.1) is 17.0 Å². The van der Waals surface area contributed by atoms with E-state index < -0.39 is 22.9 Å². The van der Waals surface area contributed by atoms with Crippen molar-refractivity contribution in [1.29, 1.82) is 0 Å². The summed E-state index contributed by atoms with van der Waals surface area (Å²) in [5.41, 5.74) is 2.59. The van der Waals surface area contributed by atoms with Crippen LogP contribution in [0.1, 0.15) is 24.1 Å². The van der Waals surface area contributed by atoms with Crippen molar-refractivity contribution >= 4 is 39.2 Å². The summed E-state index contributed by atoms with van der Waals surface area (Å²) in [5.74, 6) is -0.413. The van der Waals surface area contributed by atoms with Gasteiger partial charge in [-0.2, -0.15) is 0 Å². The number of halogens is 1. The number of amides is 3. The number of nitrogens with zero attached hydrogens (tertiary/aromatic N) is 1. The van der Waals surface area contributed by atoms with Crippen LogP contribution in [0.4, 0.5) is 16.2 Å². The van der Waals surface area contributed by atoms with E-state index in [0.29, 0.717) is 21.4 Å². The number of nitro benzene ring substituents is 1. The highest BCUT2D eigenvalue weighted by Crippen LogP contribution is 2.33. The quantitative estimate of drug-likeness (QED) is 0.489. The van der Waals surface area contributed by atoms with Crippen LogP contribution in [0.25, 0.3) is 0 Å². The number of nitrogens with one attached hydrogen (secondary N) is 3. The minimum Gasteiger partial charge on any atom is -0.327 e. The van der Waals surface area contributed by atoms with Crippen molar-refractivity contribution in [3.63, 3.8) is 0 Å². The summed E-state index contributed by atoms with van der Waals surface area (Å²) in [6, 6.07) is 10.5. The summed E-state index contributed by atoms with van der Waals surface area (Å²) in [6.45, 7) is 3.55. The van der Waals surface area contributed by atoms with Gasteiger partial charge in [0, 0.05) is 17.5 Å². The van der Waals surface area contributed by atoms with E-state index >= 15 is 0 Å². The number of hydrogen-bond acceptors (Lipinski definition) is 4. The van der Waals surface area contributed by atoms with Gasteiger partial charge >= 0.3 is 6.03 Å². The van der Waals surface area contributed by atoms with Gasteiger partial charge in [-0.25, -0.2) is 4.79 Å². The summed E-state index contributed by atoms with van der Waals surface area (Å²) in [6.07, 6.45) is 0. The van der Waals surface area contributed by atoms with Crippen molar-refractivity contribution < 1.29 is 14.5 Å². The Kier molecular flexibility index (Phi) is 5.46. The van der Waals surface area contributed by atoms with Crippen LogP contribution in [0.5, 0.6) is 0 Å². The molecule has 0 aromatic heterocycles. The van der Waals surface area contributed by atoms with Gasteiger partial charge in [-0.15, -0.1) is 0 Å². The molecule has 1 atom stereocenters. The van der Waals surface area contributed by atoms with E-state index in [1.165, 1.54) is 12.1 Å². The number of benzene rings is 2. The first kappa shape index (κ1) is 19.6. The molecule has 0 saturated heterocycles. The Morgan fingerprint density at radius 1 is 1.18 bits per heavy atom. The highest BCUT2D eigenvalue weighted by Gasteiger charge is 2.32. The zero-order valence-electron chi connectivity index (χ0n) is 15.1. The van der Waals surface area contributed by atoms with E-state index in [1.54, 1.807) is 25.1 Å². The van der Waals surface area contributed by atoms with Crippen molar-refractivity contribution in [2.45, 2.75) is 19.9 Å². The highest BCUT2D eigenvalue weighted by atomic mass is 79.9. The third-order valence-electron chi connectivity index (χ3n) is 4.32. The van der Waals surface area contributed by atoms with E-state index in [2.05, 4.69) is 31.9 Å². The lowest BCUT2D eigenvalue weighted by Crippen LogP contribution is -2.46. The number of anilines is 1. The maximum Gasteiger partial charge on any atom is 0.319 e. The minimum atomic E-state index is -0.828. The second-order valence-corrected chi connectivity index (χ2v) is 7.21. The monoisotopic (exact) mass is 444 g/mol. The molecule has 0 radical (unpaired) electrons. The molecule has 1 heterocycles. The second kappa shape index (κ2) is 7.81. The van der Waals surface area contributed by atoms with Gasteiger partial charge in [-0.1, -0.05) is 23.8 Å². The molecule has 0 spiro atoms. The van der Waals surface area contributed by atoms with Crippen LogP contribution in [-0.4, -0.2) is 16.9 Å². The summed E-state index contributed by atoms with van der Waals surface area (Å²) in [5, 5.41) is 19.3. The van der Waals surface area contributed by atoms with Crippen molar-refractivity contribution in [2.75, 3.05) is 5.32 Å². The van der Waals surface area contributed by atoms with E-state index in [1.807, 2.05) is 19.1 Å². The summed E-state index contributed by atoms with van der Waals surface area (Å²) < 4.78 is 0.313. The number of carbonyl (C=O) groups is 2. The smallest absolute Gasteiger partial charge is 0.319 e. The van der Waals surface area contributed by atoms with Crippen LogP contribution in [0.2, 0.25) is 0 Å². The number of urea groups is 1. The normalized spacial score (nSPS) is 16.2. The van der Waals surface area contributed by atoms with E-state index in [0.717, 1.165) is 5.56 Å². The fourth-order valence-corrected chi connectivity index (χ4v) is 3.32. The van der Waals surface area contributed by atoms with Crippen molar-refractivity contribution in [3.8, 4) is 0 Å². The third-order valence-corrected chi connectivity index (χ3v) is 4.99. The fourth-order valence-electron chi connectivity index (χ4n) is 2.93. The molecule has 0 aliphatic carbocycles. The Morgan fingerprint density at radius 2 is 1.86 bits per heavy atom. The molecule has 9 heteroatoms. The first-order valence-electron chi connectivity index (χ1n) is 8.36. The molecule has 0 saturated carbocycles. The van der Waals surface area contributed by atoms with Crippen LogP contribution in [-0.2, 0) is 4.79 Å². The maximum absolute atomic E-state index is 12.9. The molecule has 3 rings (SSSR count). The van der Waals surface area contributed by atoms with Crippen molar-refractivity contribution in [2.24, 2.45) is 0 Å². The largest absolute Gasteiger partial charge is 0.327 e. The number of carbonyl (C=O) groups excluding carboxylic acids is 2. The van der Waals surface area contributed by atoms with Crippen LogP contribution >= 0.6 is 15.9 Å². The van der Waals surface area contributed by atoms with Gasteiger partial charge in [0.05, 0.1) is 21.0 Å². The Hall–Kier alpha value is -3.20. The topological polar surface area (TPSA) is 113 Å². The standard InChI is InChI=1S/C19H17BrN4O4/c1-10-3-6-13(7-4-10)22-18(25)16-11(2)21-19(26)23-17(16)12-5-8-14(20)15(9-12)24(27)28/h3-9,17H,1-2H3,(H,22,25)(H2,21,23,26)/t17-/m0/s1. The van der Waals surface area contributed by atoms with Gasteiger partial charge in [-0.05, 0) is 53.5 Å². The van der Waals surface area contributed by atoms with Gasteiger partial charge in [-0.3, -0.25) is 14.9 Å². The molecule has 8 nitrogen and oxygen atoms in total. The third kappa shape index (κ3) is 4.04. The summed E-state index contributed by atoms with van der Waals surface area (Å²) in [4.78, 5) is 35.6. The molecule has 0 bridgehead atoms. The van der Waals surface area contributed by atoms with Crippen molar-refractivity contribution in [1.82, 2.24) is 10.6 Å². The number of rotatable bonds is 4. The minimum absolute atomic E-state index is 0.152. The SMILES string of the molecule is CC1=C(C(=O)Nc2ccc(C)cc2)[C@H](c2ccc(Br)c([N+](=O)[O-])c2)NC(=O)N1. The Balaban J connectivity index is 1.99. The zero-order chi connectivity index (χ0) is 20.4. The number of hydrogen-bond donors (Lipinski definition) is 3. The Morgan fingerprint density at radius 3 is 2.50 bits per heavy atom. The lowest BCUT2D eigenvalue weighted by molar-refractivity contribution is -0.385. The molecule has 3 N–H and O–H groups in total. The highest BCUT2D eigenvalue weighted by molar-refractivity contribution is 9.10. The average Bonchev–Trinajstić information content (AvgIpc) is 2.63. The van der Waals surface area contributed by atoms with Gasteiger partial charge in [0.2, 0.25) is 0 Å². The predicted molar refractivity (Wildman–Crippen MR) is 108 cm³/mol. The maximum atomic E-state index is 12.9. The van der Waals surface area contributed by atoms with Crippen molar-refractivity contribution in [3.05, 3.63) is 79.4 Å². The lowest BCUT2D eigenvalue weighted by Gasteiger charge is -2.28. The van der Waals surface area contributed by atoms with Crippen LogP contribution in [0.3, 0.4) is 0 Å². The first-order chi connectivity index (χ1) is 13.3. The molecule has 0 unspecified atom stereocenters. The molecule has 0 fully saturated rings.